The van der Waals surface area contributed by atoms with Crippen molar-refractivity contribution >= 4 is 35.0 Å². The second-order valence-corrected chi connectivity index (χ2v) is 11.5. The molecule has 2 aliphatic heterocycles. The summed E-state index contributed by atoms with van der Waals surface area (Å²) in [7, 11) is 3.34. The number of likely N-dealkylation sites (N-methyl/N-ethyl adjacent to an activating group) is 1. The van der Waals surface area contributed by atoms with Crippen molar-refractivity contribution in [3.8, 4) is 5.75 Å². The van der Waals surface area contributed by atoms with Gasteiger partial charge < -0.3 is 40.0 Å². The predicted octanol–water partition coefficient (Wildman–Crippen LogP) is 4.27. The average Bonchev–Trinajstić information content (AvgIpc) is 3.07. The monoisotopic (exact) mass is 625 g/mol. The number of anilines is 4. The Labute approximate surface area is 267 Å². The Balaban J connectivity index is 1.30. The molecule has 2 aromatic rings. The van der Waals surface area contributed by atoms with Gasteiger partial charge >= 0.3 is 0 Å². The maximum absolute atomic E-state index is 13.2. The number of benzene rings is 1. The second kappa shape index (κ2) is 17.3. The molecule has 12 nitrogen and oxygen atoms in total. The Morgan fingerprint density at radius 3 is 2.58 bits per heavy atom. The van der Waals surface area contributed by atoms with Gasteiger partial charge in [0.1, 0.15) is 17.5 Å². The number of hydrogen-bond donors (Lipinski definition) is 3. The molecule has 12 heteroatoms. The Hall–Kier alpha value is -3.48. The van der Waals surface area contributed by atoms with Crippen LogP contribution in [0.25, 0.3) is 0 Å². The quantitative estimate of drug-likeness (QED) is 0.219. The molecule has 2 aliphatic rings. The molecule has 0 spiro atoms. The van der Waals surface area contributed by atoms with Gasteiger partial charge in [-0.05, 0) is 76.2 Å². The first-order chi connectivity index (χ1) is 21.9. The van der Waals surface area contributed by atoms with E-state index in [-0.39, 0.29) is 23.9 Å². The number of aromatic nitrogens is 2. The fourth-order valence-electron chi connectivity index (χ4n) is 5.95. The molecule has 1 fully saturated rings. The molecule has 45 heavy (non-hydrogen) atoms. The van der Waals surface area contributed by atoms with Crippen molar-refractivity contribution in [2.24, 2.45) is 0 Å². The van der Waals surface area contributed by atoms with Crippen LogP contribution in [0, 0.1) is 0 Å². The van der Waals surface area contributed by atoms with Crippen LogP contribution in [0.5, 0.6) is 5.75 Å². The third-order valence-electron chi connectivity index (χ3n) is 8.56. The lowest BCUT2D eigenvalue weighted by atomic mass is 10.0. The molecule has 0 saturated carbocycles. The van der Waals surface area contributed by atoms with E-state index in [0.29, 0.717) is 60.9 Å². The van der Waals surface area contributed by atoms with E-state index in [2.05, 4.69) is 39.7 Å². The first kappa shape index (κ1) is 34.4. The molecule has 3 heterocycles. The molecule has 0 radical (unpaired) electrons. The Morgan fingerprint density at radius 1 is 1.11 bits per heavy atom. The fourth-order valence-corrected chi connectivity index (χ4v) is 5.95. The highest BCUT2D eigenvalue weighted by Gasteiger charge is 2.39. The van der Waals surface area contributed by atoms with Gasteiger partial charge in [0.2, 0.25) is 11.9 Å². The van der Waals surface area contributed by atoms with Gasteiger partial charge in [-0.3, -0.25) is 9.59 Å². The first-order valence-corrected chi connectivity index (χ1v) is 16.5. The molecule has 248 valence electrons. The smallest absolute Gasteiger partial charge is 0.251 e. The number of carbonyl (C=O) groups is 2. The lowest BCUT2D eigenvalue weighted by molar-refractivity contribution is -0.120. The van der Waals surface area contributed by atoms with Crippen molar-refractivity contribution < 1.29 is 23.8 Å². The Morgan fingerprint density at radius 2 is 1.87 bits per heavy atom. The van der Waals surface area contributed by atoms with Crippen LogP contribution in [0.3, 0.4) is 0 Å². The minimum absolute atomic E-state index is 0.0534. The van der Waals surface area contributed by atoms with Crippen molar-refractivity contribution in [2.75, 3.05) is 68.7 Å². The number of piperidine rings is 1. The van der Waals surface area contributed by atoms with Crippen LogP contribution in [0.15, 0.2) is 24.4 Å². The summed E-state index contributed by atoms with van der Waals surface area (Å²) in [5.74, 6) is 1.49. The highest BCUT2D eigenvalue weighted by molar-refractivity contribution is 6.04. The number of rotatable bonds is 17. The molecule has 1 aromatic carbocycles. The van der Waals surface area contributed by atoms with Crippen molar-refractivity contribution in [2.45, 2.75) is 83.9 Å². The SMILES string of the molecule is CCC(CC)N1c2nc(Nc3ccc(C(=O)NCCCOCCCOC4CCNCC4)cc3OC)ncc2N(C)C(=O)C1CC. The van der Waals surface area contributed by atoms with E-state index >= 15 is 0 Å². The zero-order chi connectivity index (χ0) is 32.2. The molecule has 0 aliphatic carbocycles. The predicted molar refractivity (Wildman–Crippen MR) is 177 cm³/mol. The summed E-state index contributed by atoms with van der Waals surface area (Å²) < 4.78 is 17.2. The van der Waals surface area contributed by atoms with Crippen LogP contribution in [-0.2, 0) is 14.3 Å². The molecule has 2 amide bonds. The molecular formula is C33H51N7O5. The molecule has 0 bridgehead atoms. The minimum atomic E-state index is -0.280. The van der Waals surface area contributed by atoms with E-state index in [0.717, 1.165) is 64.0 Å². The summed E-state index contributed by atoms with van der Waals surface area (Å²) in [5.41, 5.74) is 1.81. The molecule has 1 unspecified atom stereocenters. The van der Waals surface area contributed by atoms with Crippen LogP contribution in [0.2, 0.25) is 0 Å². The molecule has 3 N–H and O–H groups in total. The largest absolute Gasteiger partial charge is 0.495 e. The van der Waals surface area contributed by atoms with Crippen molar-refractivity contribution in [1.82, 2.24) is 20.6 Å². The lowest BCUT2D eigenvalue weighted by Gasteiger charge is -2.44. The lowest BCUT2D eigenvalue weighted by Crippen LogP contribution is -2.56. The van der Waals surface area contributed by atoms with Gasteiger partial charge in [0.25, 0.3) is 5.91 Å². The standard InChI is InChI=1S/C33H51N7O5/c1-6-24(7-2)40-27(8-3)32(42)39(4)28-22-36-33(38-30(28)40)37-26-12-11-23(21-29(26)43-5)31(41)35-15-9-18-44-19-10-20-45-25-13-16-34-17-14-25/h11-12,21-22,24-25,27,34H,6-10,13-20H2,1-5H3,(H,35,41)(H,36,37,38). The van der Waals surface area contributed by atoms with Crippen LogP contribution in [0.4, 0.5) is 23.1 Å². The summed E-state index contributed by atoms with van der Waals surface area (Å²) in [4.78, 5) is 39.2. The minimum Gasteiger partial charge on any atom is -0.495 e. The number of carbonyl (C=O) groups excluding carboxylic acids is 2. The van der Waals surface area contributed by atoms with Gasteiger partial charge in [-0.2, -0.15) is 4.98 Å². The molecular weight excluding hydrogens is 574 g/mol. The topological polar surface area (TPSA) is 130 Å². The van der Waals surface area contributed by atoms with Gasteiger partial charge in [0.05, 0.1) is 25.1 Å². The number of ether oxygens (including phenoxy) is 3. The van der Waals surface area contributed by atoms with Gasteiger partial charge in [0.15, 0.2) is 5.82 Å². The van der Waals surface area contributed by atoms with E-state index in [4.69, 9.17) is 19.2 Å². The summed E-state index contributed by atoms with van der Waals surface area (Å²) in [6.45, 7) is 10.8. The van der Waals surface area contributed by atoms with E-state index in [1.165, 1.54) is 0 Å². The maximum Gasteiger partial charge on any atom is 0.251 e. The van der Waals surface area contributed by atoms with Crippen molar-refractivity contribution in [3.05, 3.63) is 30.0 Å². The summed E-state index contributed by atoms with van der Waals surface area (Å²) in [6.07, 6.45) is 8.29. The Kier molecular flexibility index (Phi) is 13.2. The van der Waals surface area contributed by atoms with Gasteiger partial charge in [-0.1, -0.05) is 20.8 Å². The zero-order valence-electron chi connectivity index (χ0n) is 27.6. The van der Waals surface area contributed by atoms with Crippen LogP contribution >= 0.6 is 0 Å². The van der Waals surface area contributed by atoms with E-state index < -0.39 is 0 Å². The van der Waals surface area contributed by atoms with Crippen LogP contribution < -0.4 is 30.5 Å². The third-order valence-corrected chi connectivity index (χ3v) is 8.56. The summed E-state index contributed by atoms with van der Waals surface area (Å²) in [6, 6.07) is 5.13. The highest BCUT2D eigenvalue weighted by Crippen LogP contribution is 2.38. The normalized spacial score (nSPS) is 17.0. The summed E-state index contributed by atoms with van der Waals surface area (Å²) in [5, 5.41) is 9.55. The maximum atomic E-state index is 13.2. The van der Waals surface area contributed by atoms with Crippen molar-refractivity contribution in [3.63, 3.8) is 0 Å². The number of methoxy groups -OCH3 is 1. The van der Waals surface area contributed by atoms with Gasteiger partial charge in [-0.25, -0.2) is 4.98 Å². The number of amides is 2. The molecule has 4 rings (SSSR count). The number of hydrogen-bond acceptors (Lipinski definition) is 10. The fraction of sp³-hybridized carbons (Fsp3) is 0.636. The zero-order valence-corrected chi connectivity index (χ0v) is 27.6. The number of fused-ring (bicyclic) bond motifs is 1. The van der Waals surface area contributed by atoms with Crippen LogP contribution in [0.1, 0.15) is 76.1 Å². The highest BCUT2D eigenvalue weighted by atomic mass is 16.5. The average molecular weight is 626 g/mol. The first-order valence-electron chi connectivity index (χ1n) is 16.5. The van der Waals surface area contributed by atoms with E-state index in [1.54, 1.807) is 43.5 Å². The third kappa shape index (κ3) is 8.83. The van der Waals surface area contributed by atoms with E-state index in [1.807, 2.05) is 6.92 Å². The Bertz CT molecular complexity index is 1250. The van der Waals surface area contributed by atoms with E-state index in [9.17, 15) is 9.59 Å². The van der Waals surface area contributed by atoms with Gasteiger partial charge in [-0.15, -0.1) is 0 Å². The molecule has 1 atom stereocenters. The number of nitrogens with one attached hydrogen (secondary N) is 3. The van der Waals surface area contributed by atoms with Gasteiger partial charge in [0, 0.05) is 45.0 Å². The molecule has 1 aromatic heterocycles. The summed E-state index contributed by atoms with van der Waals surface area (Å²) >= 11 is 0. The number of nitrogens with zero attached hydrogens (tertiary/aromatic N) is 4. The van der Waals surface area contributed by atoms with Crippen LogP contribution in [-0.4, -0.2) is 93.6 Å². The van der Waals surface area contributed by atoms with Crippen molar-refractivity contribution in [1.29, 1.82) is 0 Å². The molecule has 1 saturated heterocycles. The second-order valence-electron chi connectivity index (χ2n) is 11.5.